The fourth-order valence-corrected chi connectivity index (χ4v) is 2.07. The van der Waals surface area contributed by atoms with E-state index >= 15 is 0 Å². The Morgan fingerprint density at radius 1 is 1.44 bits per heavy atom. The maximum atomic E-state index is 11.1. The zero-order chi connectivity index (χ0) is 13.1. The van der Waals surface area contributed by atoms with Gasteiger partial charge < -0.3 is 15.2 Å². The van der Waals surface area contributed by atoms with E-state index < -0.39 is 4.92 Å². The van der Waals surface area contributed by atoms with Crippen LogP contribution in [0.4, 0.5) is 5.69 Å². The number of rotatable bonds is 4. The molecule has 1 heterocycles. The molecule has 0 aliphatic carbocycles. The van der Waals surface area contributed by atoms with Crippen molar-refractivity contribution in [3.05, 3.63) is 27.8 Å². The summed E-state index contributed by atoms with van der Waals surface area (Å²) in [5, 5.41) is 11.1. The lowest BCUT2D eigenvalue weighted by Gasteiger charge is -2.21. The number of hydrogen-bond acceptors (Lipinski definition) is 5. The van der Waals surface area contributed by atoms with Gasteiger partial charge in [-0.3, -0.25) is 10.1 Å². The Bertz CT molecular complexity index is 458. The second-order valence-electron chi connectivity index (χ2n) is 4.16. The highest BCUT2D eigenvalue weighted by Gasteiger charge is 2.26. The van der Waals surface area contributed by atoms with Crippen LogP contribution in [0.5, 0.6) is 11.5 Å². The molecule has 0 aromatic heterocycles. The highest BCUT2D eigenvalue weighted by atomic mass is 16.6. The molecule has 1 aliphatic rings. The third-order valence-corrected chi connectivity index (χ3v) is 3.09. The van der Waals surface area contributed by atoms with E-state index in [4.69, 9.17) is 15.2 Å². The Morgan fingerprint density at radius 3 is 2.78 bits per heavy atom. The summed E-state index contributed by atoms with van der Waals surface area (Å²) < 4.78 is 10.7. The Morgan fingerprint density at radius 2 is 2.17 bits per heavy atom. The minimum atomic E-state index is -0.444. The van der Waals surface area contributed by atoms with Crippen molar-refractivity contribution in [2.45, 2.75) is 19.3 Å². The quantitative estimate of drug-likeness (QED) is 0.652. The van der Waals surface area contributed by atoms with Gasteiger partial charge >= 0.3 is 5.69 Å². The van der Waals surface area contributed by atoms with Gasteiger partial charge in [-0.05, 0) is 30.5 Å². The van der Waals surface area contributed by atoms with Crippen molar-refractivity contribution >= 4 is 5.69 Å². The Labute approximate surface area is 105 Å². The zero-order valence-corrected chi connectivity index (χ0v) is 10.2. The molecule has 0 saturated carbocycles. The third-order valence-electron chi connectivity index (χ3n) is 3.09. The SMILES string of the molecule is CCC(CN)c1cc2c(c([N+](=O)[O-])c1)OCCO2. The molecule has 1 aromatic rings. The number of ether oxygens (including phenoxy) is 2. The molecule has 6 heteroatoms. The Kier molecular flexibility index (Phi) is 3.66. The molecule has 0 spiro atoms. The first-order chi connectivity index (χ1) is 8.67. The van der Waals surface area contributed by atoms with Crippen molar-refractivity contribution in [3.8, 4) is 11.5 Å². The van der Waals surface area contributed by atoms with Gasteiger partial charge in [-0.1, -0.05) is 6.92 Å². The molecule has 1 aromatic carbocycles. The Balaban J connectivity index is 2.50. The summed E-state index contributed by atoms with van der Waals surface area (Å²) in [6, 6.07) is 3.33. The second kappa shape index (κ2) is 5.22. The van der Waals surface area contributed by atoms with Crippen molar-refractivity contribution in [1.82, 2.24) is 0 Å². The molecule has 0 amide bonds. The maximum absolute atomic E-state index is 11.1. The molecule has 18 heavy (non-hydrogen) atoms. The largest absolute Gasteiger partial charge is 0.486 e. The highest BCUT2D eigenvalue weighted by Crippen LogP contribution is 2.41. The number of fused-ring (bicyclic) bond motifs is 1. The minimum Gasteiger partial charge on any atom is -0.486 e. The summed E-state index contributed by atoms with van der Waals surface area (Å²) in [5.41, 5.74) is 6.46. The van der Waals surface area contributed by atoms with Crippen LogP contribution >= 0.6 is 0 Å². The van der Waals surface area contributed by atoms with Crippen LogP contribution in [0.25, 0.3) is 0 Å². The lowest BCUT2D eigenvalue weighted by molar-refractivity contribution is -0.386. The summed E-state index contributed by atoms with van der Waals surface area (Å²) in [6.07, 6.45) is 0.827. The first-order valence-electron chi connectivity index (χ1n) is 5.95. The molecular weight excluding hydrogens is 236 g/mol. The normalized spacial score (nSPS) is 15.2. The molecule has 0 fully saturated rings. The van der Waals surface area contributed by atoms with Gasteiger partial charge in [-0.25, -0.2) is 0 Å². The maximum Gasteiger partial charge on any atom is 0.315 e. The van der Waals surface area contributed by atoms with Crippen molar-refractivity contribution in [3.63, 3.8) is 0 Å². The van der Waals surface area contributed by atoms with Crippen LogP contribution in [0.1, 0.15) is 24.8 Å². The molecular formula is C12H16N2O4. The van der Waals surface area contributed by atoms with Gasteiger partial charge in [0.2, 0.25) is 5.75 Å². The van der Waals surface area contributed by atoms with Crippen LogP contribution in [0.2, 0.25) is 0 Å². The number of nitro groups is 1. The molecule has 1 atom stereocenters. The Hall–Kier alpha value is -1.82. The van der Waals surface area contributed by atoms with Crippen LogP contribution in [-0.2, 0) is 0 Å². The molecule has 98 valence electrons. The van der Waals surface area contributed by atoms with Gasteiger partial charge in [0.15, 0.2) is 5.75 Å². The van der Waals surface area contributed by atoms with Gasteiger partial charge in [0.1, 0.15) is 13.2 Å². The van der Waals surface area contributed by atoms with Gasteiger partial charge in [-0.15, -0.1) is 0 Å². The summed E-state index contributed by atoms with van der Waals surface area (Å²) in [6.45, 7) is 3.20. The zero-order valence-electron chi connectivity index (χ0n) is 10.2. The van der Waals surface area contributed by atoms with E-state index in [2.05, 4.69) is 0 Å². The number of nitrogens with two attached hydrogens (primary N) is 1. The van der Waals surface area contributed by atoms with Crippen molar-refractivity contribution < 1.29 is 14.4 Å². The number of nitro benzene ring substituents is 1. The van der Waals surface area contributed by atoms with Crippen LogP contribution in [0, 0.1) is 10.1 Å². The minimum absolute atomic E-state index is 0.0471. The summed E-state index contributed by atoms with van der Waals surface area (Å²) in [4.78, 5) is 10.6. The predicted octanol–water partition coefficient (Wildman–Crippen LogP) is 1.82. The summed E-state index contributed by atoms with van der Waals surface area (Å²) in [7, 11) is 0. The highest BCUT2D eigenvalue weighted by molar-refractivity contribution is 5.59. The van der Waals surface area contributed by atoms with E-state index in [1.807, 2.05) is 6.92 Å². The molecule has 2 rings (SSSR count). The lowest BCUT2D eigenvalue weighted by atomic mass is 9.95. The van der Waals surface area contributed by atoms with Crippen molar-refractivity contribution in [1.29, 1.82) is 0 Å². The van der Waals surface area contributed by atoms with E-state index in [0.717, 1.165) is 12.0 Å². The van der Waals surface area contributed by atoms with Gasteiger partial charge in [-0.2, -0.15) is 0 Å². The van der Waals surface area contributed by atoms with Crippen LogP contribution in [0.15, 0.2) is 12.1 Å². The van der Waals surface area contributed by atoms with E-state index in [1.54, 1.807) is 6.07 Å². The summed E-state index contributed by atoms with van der Waals surface area (Å²) >= 11 is 0. The first-order valence-corrected chi connectivity index (χ1v) is 5.95. The number of hydrogen-bond donors (Lipinski definition) is 1. The van der Waals surface area contributed by atoms with Crippen LogP contribution in [-0.4, -0.2) is 24.7 Å². The topological polar surface area (TPSA) is 87.6 Å². The third kappa shape index (κ3) is 2.24. The molecule has 0 saturated heterocycles. The van der Waals surface area contributed by atoms with Gasteiger partial charge in [0.05, 0.1) is 4.92 Å². The lowest BCUT2D eigenvalue weighted by Crippen LogP contribution is -2.18. The average Bonchev–Trinajstić information content (AvgIpc) is 2.39. The molecule has 1 unspecified atom stereocenters. The number of benzene rings is 1. The fraction of sp³-hybridized carbons (Fsp3) is 0.500. The monoisotopic (exact) mass is 252 g/mol. The van der Waals surface area contributed by atoms with E-state index in [-0.39, 0.29) is 17.4 Å². The molecule has 6 nitrogen and oxygen atoms in total. The van der Waals surface area contributed by atoms with Gasteiger partial charge in [0.25, 0.3) is 0 Å². The molecule has 1 aliphatic heterocycles. The van der Waals surface area contributed by atoms with E-state index in [1.165, 1.54) is 6.07 Å². The summed E-state index contributed by atoms with van der Waals surface area (Å²) in [5.74, 6) is 0.763. The second-order valence-corrected chi connectivity index (χ2v) is 4.16. The standard InChI is InChI=1S/C12H16N2O4/c1-2-8(7-13)9-5-10(14(15)16)12-11(6-9)17-3-4-18-12/h5-6,8H,2-4,7,13H2,1H3. The molecule has 0 bridgehead atoms. The molecule has 2 N–H and O–H groups in total. The predicted molar refractivity (Wildman–Crippen MR) is 66.2 cm³/mol. The number of nitrogens with zero attached hydrogens (tertiary/aromatic N) is 1. The van der Waals surface area contributed by atoms with Crippen LogP contribution < -0.4 is 15.2 Å². The first kappa shape index (κ1) is 12.6. The van der Waals surface area contributed by atoms with Gasteiger partial charge in [0, 0.05) is 6.07 Å². The molecule has 0 radical (unpaired) electrons. The van der Waals surface area contributed by atoms with E-state index in [9.17, 15) is 10.1 Å². The van der Waals surface area contributed by atoms with Crippen molar-refractivity contribution in [2.24, 2.45) is 5.73 Å². The van der Waals surface area contributed by atoms with Crippen molar-refractivity contribution in [2.75, 3.05) is 19.8 Å². The average molecular weight is 252 g/mol. The van der Waals surface area contributed by atoms with Crippen LogP contribution in [0.3, 0.4) is 0 Å². The van der Waals surface area contributed by atoms with E-state index in [0.29, 0.717) is 25.5 Å². The fourth-order valence-electron chi connectivity index (χ4n) is 2.07. The smallest absolute Gasteiger partial charge is 0.315 e.